The van der Waals surface area contributed by atoms with Crippen LogP contribution in [-0.4, -0.2) is 43.1 Å². The Balaban J connectivity index is 2.85. The second-order valence-corrected chi connectivity index (χ2v) is 7.59. The molecule has 108 valence electrons. The van der Waals surface area contributed by atoms with Crippen molar-refractivity contribution >= 4 is 10.2 Å². The van der Waals surface area contributed by atoms with Gasteiger partial charge in [-0.3, -0.25) is 0 Å². The minimum absolute atomic E-state index is 0.0979. The molecule has 1 fully saturated rings. The van der Waals surface area contributed by atoms with E-state index in [0.29, 0.717) is 18.8 Å². The van der Waals surface area contributed by atoms with Gasteiger partial charge in [0, 0.05) is 13.1 Å². The van der Waals surface area contributed by atoms with E-state index in [1.807, 2.05) is 13.8 Å². The maximum atomic E-state index is 12.2. The summed E-state index contributed by atoms with van der Waals surface area (Å²) in [6.45, 7) is 5.62. The summed E-state index contributed by atoms with van der Waals surface area (Å²) >= 11 is 0. The van der Waals surface area contributed by atoms with Crippen LogP contribution in [0.3, 0.4) is 0 Å². The highest BCUT2D eigenvalue weighted by Gasteiger charge is 2.39. The lowest BCUT2D eigenvalue weighted by molar-refractivity contribution is 0.117. The number of hydrogen-bond acceptors (Lipinski definition) is 3. The summed E-state index contributed by atoms with van der Waals surface area (Å²) < 4.78 is 28.5. The molecule has 0 aromatic rings. The molecule has 0 bridgehead atoms. The molecule has 1 aliphatic rings. The molecular weight excluding hydrogens is 252 g/mol. The van der Waals surface area contributed by atoms with Crippen molar-refractivity contribution in [2.24, 2.45) is 5.92 Å². The van der Waals surface area contributed by atoms with Crippen molar-refractivity contribution in [1.29, 1.82) is 0 Å². The molecule has 0 saturated heterocycles. The van der Waals surface area contributed by atoms with E-state index in [1.165, 1.54) is 4.31 Å². The zero-order chi connectivity index (χ0) is 14.0. The van der Waals surface area contributed by atoms with E-state index < -0.39 is 15.7 Å². The van der Waals surface area contributed by atoms with Crippen molar-refractivity contribution < 1.29 is 13.5 Å². The quantitative estimate of drug-likeness (QED) is 0.791. The Bertz CT molecular complexity index is 370. The van der Waals surface area contributed by atoms with E-state index >= 15 is 0 Å². The van der Waals surface area contributed by atoms with Crippen molar-refractivity contribution in [3.8, 4) is 0 Å². The van der Waals surface area contributed by atoms with Crippen molar-refractivity contribution in [3.05, 3.63) is 0 Å². The normalized spacial score (nSPS) is 30.1. The van der Waals surface area contributed by atoms with Crippen LogP contribution < -0.4 is 4.72 Å². The Morgan fingerprint density at radius 3 is 2.56 bits per heavy atom. The maximum Gasteiger partial charge on any atom is 0.280 e. The average Bonchev–Trinajstić information content (AvgIpc) is 2.27. The van der Waals surface area contributed by atoms with Gasteiger partial charge >= 0.3 is 0 Å². The van der Waals surface area contributed by atoms with Gasteiger partial charge < -0.3 is 5.11 Å². The molecule has 0 heterocycles. The summed E-state index contributed by atoms with van der Waals surface area (Å²) in [5.74, 6) is 0.443. The highest BCUT2D eigenvalue weighted by Crippen LogP contribution is 2.32. The summed E-state index contributed by atoms with van der Waals surface area (Å²) in [6.07, 6.45) is 3.47. The van der Waals surface area contributed by atoms with Crippen LogP contribution in [0.5, 0.6) is 0 Å². The van der Waals surface area contributed by atoms with Gasteiger partial charge in [0.2, 0.25) is 0 Å². The van der Waals surface area contributed by atoms with Crippen molar-refractivity contribution in [2.45, 2.75) is 58.0 Å². The number of nitrogens with zero attached hydrogens (tertiary/aromatic N) is 1. The molecule has 6 heteroatoms. The van der Waals surface area contributed by atoms with E-state index in [4.69, 9.17) is 0 Å². The molecular formula is C12H26N2O3S. The lowest BCUT2D eigenvalue weighted by atomic mass is 9.78. The molecule has 0 amide bonds. The topological polar surface area (TPSA) is 69.6 Å². The lowest BCUT2D eigenvalue weighted by Crippen LogP contribution is -2.57. The van der Waals surface area contributed by atoms with Gasteiger partial charge in [-0.25, -0.2) is 0 Å². The average molecular weight is 278 g/mol. The Labute approximate surface area is 111 Å². The van der Waals surface area contributed by atoms with Crippen molar-refractivity contribution in [1.82, 2.24) is 9.03 Å². The second-order valence-electron chi connectivity index (χ2n) is 5.86. The van der Waals surface area contributed by atoms with Crippen LogP contribution >= 0.6 is 0 Å². The largest absolute Gasteiger partial charge is 0.394 e. The lowest BCUT2D eigenvalue weighted by Gasteiger charge is -2.40. The molecule has 18 heavy (non-hydrogen) atoms. The van der Waals surface area contributed by atoms with E-state index in [9.17, 15) is 13.5 Å². The van der Waals surface area contributed by atoms with Crippen molar-refractivity contribution in [3.63, 3.8) is 0 Å². The molecule has 1 saturated carbocycles. The third-order valence-corrected chi connectivity index (χ3v) is 5.72. The highest BCUT2D eigenvalue weighted by atomic mass is 32.2. The van der Waals surface area contributed by atoms with Gasteiger partial charge in [-0.1, -0.05) is 19.8 Å². The standard InChI is InChI=1S/C12H26N2O3S/c1-10(2)14(4)18(16,17)13-12(9-15)7-5-6-11(3)8-12/h10-11,13,15H,5-9H2,1-4H3. The molecule has 0 aliphatic heterocycles. The van der Waals surface area contributed by atoms with Crippen LogP contribution in [0.25, 0.3) is 0 Å². The first kappa shape index (κ1) is 15.9. The summed E-state index contributed by atoms with van der Waals surface area (Å²) in [6, 6.07) is -0.0979. The smallest absolute Gasteiger partial charge is 0.280 e. The Kier molecular flexibility index (Phi) is 5.17. The first-order valence-electron chi connectivity index (χ1n) is 6.60. The van der Waals surface area contributed by atoms with E-state index in [-0.39, 0.29) is 12.6 Å². The summed E-state index contributed by atoms with van der Waals surface area (Å²) in [5.41, 5.74) is -0.681. The summed E-state index contributed by atoms with van der Waals surface area (Å²) in [5, 5.41) is 9.60. The van der Waals surface area contributed by atoms with Gasteiger partial charge in [0.1, 0.15) is 0 Å². The SMILES string of the molecule is CC1CCCC(CO)(NS(=O)(=O)N(C)C(C)C)C1. The van der Waals surface area contributed by atoms with Crippen LogP contribution in [0.2, 0.25) is 0 Å². The predicted octanol–water partition coefficient (Wildman–Crippen LogP) is 1.10. The molecule has 0 spiro atoms. The fourth-order valence-electron chi connectivity index (χ4n) is 2.55. The Morgan fingerprint density at radius 2 is 2.11 bits per heavy atom. The molecule has 2 N–H and O–H groups in total. The third kappa shape index (κ3) is 3.66. The van der Waals surface area contributed by atoms with Crippen LogP contribution in [0.1, 0.15) is 46.5 Å². The molecule has 2 unspecified atom stereocenters. The number of aliphatic hydroxyl groups is 1. The zero-order valence-corrected chi connectivity index (χ0v) is 12.6. The second kappa shape index (κ2) is 5.86. The summed E-state index contributed by atoms with van der Waals surface area (Å²) in [4.78, 5) is 0. The van der Waals surface area contributed by atoms with Gasteiger partial charge in [0.05, 0.1) is 12.1 Å². The van der Waals surface area contributed by atoms with E-state index in [1.54, 1.807) is 7.05 Å². The monoisotopic (exact) mass is 278 g/mol. The number of aliphatic hydroxyl groups excluding tert-OH is 1. The van der Waals surface area contributed by atoms with Gasteiger partial charge in [0.25, 0.3) is 10.2 Å². The van der Waals surface area contributed by atoms with Crippen molar-refractivity contribution in [2.75, 3.05) is 13.7 Å². The van der Waals surface area contributed by atoms with Gasteiger partial charge in [-0.05, 0) is 32.6 Å². The number of rotatable bonds is 5. The molecule has 0 aromatic carbocycles. The van der Waals surface area contributed by atoms with Crippen LogP contribution in [0.4, 0.5) is 0 Å². The minimum atomic E-state index is -3.53. The third-order valence-electron chi connectivity index (χ3n) is 3.85. The summed E-state index contributed by atoms with van der Waals surface area (Å²) in [7, 11) is -1.97. The van der Waals surface area contributed by atoms with Gasteiger partial charge in [0.15, 0.2) is 0 Å². The van der Waals surface area contributed by atoms with Gasteiger partial charge in [-0.15, -0.1) is 0 Å². The minimum Gasteiger partial charge on any atom is -0.394 e. The Hall–Kier alpha value is -0.170. The van der Waals surface area contributed by atoms with Crippen LogP contribution in [-0.2, 0) is 10.2 Å². The zero-order valence-electron chi connectivity index (χ0n) is 11.8. The predicted molar refractivity (Wildman–Crippen MR) is 72.4 cm³/mol. The maximum absolute atomic E-state index is 12.2. The van der Waals surface area contributed by atoms with Crippen LogP contribution in [0.15, 0.2) is 0 Å². The molecule has 1 rings (SSSR count). The first-order valence-corrected chi connectivity index (χ1v) is 8.04. The first-order chi connectivity index (χ1) is 8.22. The molecule has 0 radical (unpaired) electrons. The fraction of sp³-hybridized carbons (Fsp3) is 1.00. The van der Waals surface area contributed by atoms with E-state index in [2.05, 4.69) is 11.6 Å². The molecule has 5 nitrogen and oxygen atoms in total. The van der Waals surface area contributed by atoms with E-state index in [0.717, 1.165) is 12.8 Å². The Morgan fingerprint density at radius 1 is 1.50 bits per heavy atom. The fourth-order valence-corrected chi connectivity index (χ4v) is 4.05. The molecule has 1 aliphatic carbocycles. The number of hydrogen-bond donors (Lipinski definition) is 2. The van der Waals surface area contributed by atoms with Gasteiger partial charge in [-0.2, -0.15) is 17.4 Å². The molecule has 2 atom stereocenters. The number of nitrogens with one attached hydrogen (secondary N) is 1. The van der Waals surface area contributed by atoms with Crippen LogP contribution in [0, 0.1) is 5.92 Å². The molecule has 0 aromatic heterocycles. The highest BCUT2D eigenvalue weighted by molar-refractivity contribution is 7.87.